The van der Waals surface area contributed by atoms with E-state index >= 15 is 0 Å². The number of fused-ring (bicyclic) bond motifs is 1. The third-order valence-corrected chi connectivity index (χ3v) is 3.77. The second kappa shape index (κ2) is 7.49. The highest BCUT2D eigenvalue weighted by molar-refractivity contribution is 5.83. The van der Waals surface area contributed by atoms with E-state index in [0.717, 1.165) is 19.6 Å². The average molecular weight is 272 g/mol. The zero-order valence-electron chi connectivity index (χ0n) is 13.2. The van der Waals surface area contributed by atoms with Crippen molar-refractivity contribution in [1.82, 2.24) is 9.88 Å². The van der Waals surface area contributed by atoms with Crippen LogP contribution in [0.5, 0.6) is 0 Å². The third kappa shape index (κ3) is 3.86. The molecule has 1 aromatic carbocycles. The number of nitrogens with zero attached hydrogens (tertiary/aromatic N) is 1. The molecule has 1 N–H and O–H groups in total. The number of benzene rings is 1. The van der Waals surface area contributed by atoms with Gasteiger partial charge in [0.25, 0.3) is 0 Å². The van der Waals surface area contributed by atoms with E-state index in [1.807, 2.05) is 0 Å². The second-order valence-electron chi connectivity index (χ2n) is 6.09. The largest absolute Gasteiger partial charge is 0.347 e. The zero-order valence-corrected chi connectivity index (χ0v) is 13.2. The normalized spacial score (nSPS) is 11.6. The Morgan fingerprint density at radius 3 is 2.75 bits per heavy atom. The van der Waals surface area contributed by atoms with Crippen molar-refractivity contribution in [2.45, 2.75) is 53.1 Å². The van der Waals surface area contributed by atoms with E-state index < -0.39 is 0 Å². The molecule has 110 valence electrons. The minimum absolute atomic E-state index is 0.702. The molecule has 0 spiro atoms. The van der Waals surface area contributed by atoms with Gasteiger partial charge in [-0.05, 0) is 36.6 Å². The Labute approximate surface area is 123 Å². The fraction of sp³-hybridized carbons (Fsp3) is 0.556. The van der Waals surface area contributed by atoms with Gasteiger partial charge in [0, 0.05) is 30.2 Å². The lowest BCUT2D eigenvalue weighted by atomic mass is 10.1. The molecule has 0 aliphatic heterocycles. The van der Waals surface area contributed by atoms with Gasteiger partial charge in [0.1, 0.15) is 0 Å². The van der Waals surface area contributed by atoms with Crippen molar-refractivity contribution in [1.29, 1.82) is 0 Å². The van der Waals surface area contributed by atoms with E-state index in [4.69, 9.17) is 0 Å². The number of aromatic nitrogens is 1. The van der Waals surface area contributed by atoms with Crippen LogP contribution in [0.2, 0.25) is 0 Å². The van der Waals surface area contributed by atoms with Gasteiger partial charge in [-0.1, -0.05) is 45.7 Å². The number of unbranched alkanes of at least 4 members (excludes halogenated alkanes) is 2. The predicted molar refractivity (Wildman–Crippen MR) is 88.0 cm³/mol. The highest BCUT2D eigenvalue weighted by atomic mass is 14.9. The fourth-order valence-electron chi connectivity index (χ4n) is 2.66. The lowest BCUT2D eigenvalue weighted by molar-refractivity contribution is 0.553. The van der Waals surface area contributed by atoms with E-state index in [2.05, 4.69) is 61.1 Å². The van der Waals surface area contributed by atoms with Gasteiger partial charge in [0.2, 0.25) is 0 Å². The van der Waals surface area contributed by atoms with Crippen LogP contribution in [0.4, 0.5) is 0 Å². The molecule has 2 nitrogen and oxygen atoms in total. The molecule has 0 aliphatic rings. The Morgan fingerprint density at radius 1 is 1.15 bits per heavy atom. The van der Waals surface area contributed by atoms with E-state index in [9.17, 15) is 0 Å². The summed E-state index contributed by atoms with van der Waals surface area (Å²) >= 11 is 0. The molecule has 1 aromatic heterocycles. The van der Waals surface area contributed by atoms with Crippen molar-refractivity contribution in [3.63, 3.8) is 0 Å². The molecule has 2 heteroatoms. The van der Waals surface area contributed by atoms with Crippen LogP contribution in [0.1, 0.15) is 45.6 Å². The first-order chi connectivity index (χ1) is 9.72. The number of nitrogens with one attached hydrogen (secondary N) is 1. The molecule has 0 aliphatic carbocycles. The molecule has 0 amide bonds. The fourth-order valence-corrected chi connectivity index (χ4v) is 2.66. The van der Waals surface area contributed by atoms with Crippen LogP contribution in [0.3, 0.4) is 0 Å². The van der Waals surface area contributed by atoms with Crippen LogP contribution < -0.4 is 5.32 Å². The maximum atomic E-state index is 3.55. The Balaban J connectivity index is 2.08. The topological polar surface area (TPSA) is 17.0 Å². The Kier molecular flexibility index (Phi) is 5.66. The maximum absolute atomic E-state index is 3.55. The van der Waals surface area contributed by atoms with Crippen molar-refractivity contribution >= 4 is 10.9 Å². The number of aryl methyl sites for hydroxylation is 1. The molecular weight excluding hydrogens is 244 g/mol. The summed E-state index contributed by atoms with van der Waals surface area (Å²) in [5, 5.41) is 4.95. The number of hydrogen-bond donors (Lipinski definition) is 1. The molecule has 0 fully saturated rings. The number of hydrogen-bond acceptors (Lipinski definition) is 1. The predicted octanol–water partition coefficient (Wildman–Crippen LogP) is 4.58. The van der Waals surface area contributed by atoms with Gasteiger partial charge < -0.3 is 9.88 Å². The van der Waals surface area contributed by atoms with Crippen LogP contribution in [-0.2, 0) is 13.1 Å². The van der Waals surface area contributed by atoms with Gasteiger partial charge in [-0.25, -0.2) is 0 Å². The summed E-state index contributed by atoms with van der Waals surface area (Å²) in [4.78, 5) is 0. The Hall–Kier alpha value is -1.28. The van der Waals surface area contributed by atoms with E-state index in [0.29, 0.717) is 5.92 Å². The SMILES string of the molecule is CCCCCn1ccc2c(CNCC(C)C)cccc21. The van der Waals surface area contributed by atoms with Crippen LogP contribution in [-0.4, -0.2) is 11.1 Å². The first-order valence-corrected chi connectivity index (χ1v) is 7.99. The molecule has 0 bridgehead atoms. The first-order valence-electron chi connectivity index (χ1n) is 7.99. The molecule has 2 rings (SSSR count). The molecule has 1 heterocycles. The minimum atomic E-state index is 0.702. The van der Waals surface area contributed by atoms with Crippen LogP contribution >= 0.6 is 0 Å². The van der Waals surface area contributed by atoms with Gasteiger partial charge in [-0.2, -0.15) is 0 Å². The Morgan fingerprint density at radius 2 is 2.00 bits per heavy atom. The van der Waals surface area contributed by atoms with Gasteiger partial charge in [-0.15, -0.1) is 0 Å². The van der Waals surface area contributed by atoms with Crippen molar-refractivity contribution in [2.24, 2.45) is 5.92 Å². The van der Waals surface area contributed by atoms with E-state index in [1.165, 1.54) is 35.7 Å². The van der Waals surface area contributed by atoms with Crippen molar-refractivity contribution < 1.29 is 0 Å². The zero-order chi connectivity index (χ0) is 14.4. The summed E-state index contributed by atoms with van der Waals surface area (Å²) in [6.07, 6.45) is 6.11. The smallest absolute Gasteiger partial charge is 0.0483 e. The lowest BCUT2D eigenvalue weighted by Gasteiger charge is -2.09. The van der Waals surface area contributed by atoms with E-state index in [1.54, 1.807) is 0 Å². The highest BCUT2D eigenvalue weighted by Gasteiger charge is 2.05. The Bertz CT molecular complexity index is 525. The van der Waals surface area contributed by atoms with Gasteiger partial charge >= 0.3 is 0 Å². The summed E-state index contributed by atoms with van der Waals surface area (Å²) in [6, 6.07) is 8.94. The summed E-state index contributed by atoms with van der Waals surface area (Å²) in [5.41, 5.74) is 2.79. The molecule has 0 atom stereocenters. The molecule has 0 radical (unpaired) electrons. The first kappa shape index (κ1) is 15.1. The molecule has 0 saturated heterocycles. The van der Waals surface area contributed by atoms with Crippen LogP contribution in [0, 0.1) is 5.92 Å². The van der Waals surface area contributed by atoms with Gasteiger partial charge in [0.05, 0.1) is 0 Å². The summed E-state index contributed by atoms with van der Waals surface area (Å²) in [5.74, 6) is 0.702. The molecule has 20 heavy (non-hydrogen) atoms. The standard InChI is InChI=1S/C18H28N2/c1-4-5-6-11-20-12-10-17-16(8-7-9-18(17)20)14-19-13-15(2)3/h7-10,12,15,19H,4-6,11,13-14H2,1-3H3. The van der Waals surface area contributed by atoms with Crippen LogP contribution in [0.25, 0.3) is 10.9 Å². The number of rotatable bonds is 8. The molecule has 2 aromatic rings. The average Bonchev–Trinajstić information content (AvgIpc) is 2.83. The lowest BCUT2D eigenvalue weighted by Crippen LogP contribution is -2.19. The molecular formula is C18H28N2. The summed E-state index contributed by atoms with van der Waals surface area (Å²) in [6.45, 7) is 9.93. The third-order valence-electron chi connectivity index (χ3n) is 3.77. The quantitative estimate of drug-likeness (QED) is 0.696. The molecule has 0 unspecified atom stereocenters. The second-order valence-corrected chi connectivity index (χ2v) is 6.09. The molecule has 0 saturated carbocycles. The van der Waals surface area contributed by atoms with Crippen LogP contribution in [0.15, 0.2) is 30.5 Å². The van der Waals surface area contributed by atoms with Crippen molar-refractivity contribution in [3.05, 3.63) is 36.0 Å². The van der Waals surface area contributed by atoms with Gasteiger partial charge in [0.15, 0.2) is 0 Å². The highest BCUT2D eigenvalue weighted by Crippen LogP contribution is 2.21. The monoisotopic (exact) mass is 272 g/mol. The minimum Gasteiger partial charge on any atom is -0.347 e. The van der Waals surface area contributed by atoms with Crippen molar-refractivity contribution in [3.8, 4) is 0 Å². The van der Waals surface area contributed by atoms with Crippen molar-refractivity contribution in [2.75, 3.05) is 6.54 Å². The maximum Gasteiger partial charge on any atom is 0.0483 e. The van der Waals surface area contributed by atoms with E-state index in [-0.39, 0.29) is 0 Å². The van der Waals surface area contributed by atoms with Gasteiger partial charge in [-0.3, -0.25) is 0 Å². The summed E-state index contributed by atoms with van der Waals surface area (Å²) < 4.78 is 2.40. The summed E-state index contributed by atoms with van der Waals surface area (Å²) in [7, 11) is 0.